The van der Waals surface area contributed by atoms with Gasteiger partial charge in [-0.15, -0.1) is 5.10 Å². The number of halogens is 1. The van der Waals surface area contributed by atoms with Crippen molar-refractivity contribution in [1.29, 1.82) is 0 Å². The van der Waals surface area contributed by atoms with Crippen LogP contribution >= 0.6 is 15.9 Å². The predicted molar refractivity (Wildman–Crippen MR) is 120 cm³/mol. The molecule has 4 rings (SSSR count). The molecule has 2 N–H and O–H groups in total. The molecule has 0 aliphatic carbocycles. The van der Waals surface area contributed by atoms with Gasteiger partial charge in [0, 0.05) is 15.7 Å². The summed E-state index contributed by atoms with van der Waals surface area (Å²) in [5.41, 5.74) is 2.68. The van der Waals surface area contributed by atoms with Crippen molar-refractivity contribution in [2.45, 2.75) is 13.0 Å². The van der Waals surface area contributed by atoms with Gasteiger partial charge in [0.2, 0.25) is 16.0 Å². The van der Waals surface area contributed by atoms with Crippen LogP contribution in [0.5, 0.6) is 5.75 Å². The Morgan fingerprint density at radius 2 is 1.93 bits per heavy atom. The lowest BCUT2D eigenvalue weighted by atomic mass is 10.0. The first-order valence-corrected chi connectivity index (χ1v) is 11.7. The minimum atomic E-state index is -3.50. The fraction of sp³-hybridized carbons (Fsp3) is 0.200. The van der Waals surface area contributed by atoms with Crippen molar-refractivity contribution >= 4 is 43.5 Å². The lowest BCUT2D eigenvalue weighted by Crippen LogP contribution is -2.21. The number of hydrogen-bond donors (Lipinski definition) is 2. The second-order valence-electron chi connectivity index (χ2n) is 6.61. The topological polar surface area (TPSA) is 98.1 Å². The molecule has 0 fully saturated rings. The molecule has 3 aromatic rings. The van der Waals surface area contributed by atoms with E-state index in [1.807, 2.05) is 54.6 Å². The van der Waals surface area contributed by atoms with E-state index in [1.54, 1.807) is 18.7 Å². The minimum absolute atomic E-state index is 0.0182. The number of benzene rings is 2. The summed E-state index contributed by atoms with van der Waals surface area (Å²) in [4.78, 5) is 4.37. The number of hydrogen-bond acceptors (Lipinski definition) is 6. The summed E-state index contributed by atoms with van der Waals surface area (Å²) in [6.45, 7) is 1.56. The Morgan fingerprint density at radius 3 is 2.63 bits per heavy atom. The first-order valence-electron chi connectivity index (χ1n) is 9.25. The van der Waals surface area contributed by atoms with Crippen LogP contribution in [0.1, 0.15) is 24.1 Å². The number of nitrogens with one attached hydrogen (secondary N) is 2. The van der Waals surface area contributed by atoms with Gasteiger partial charge in [0.15, 0.2) is 0 Å². The van der Waals surface area contributed by atoms with Crippen molar-refractivity contribution in [2.75, 3.05) is 22.9 Å². The highest BCUT2D eigenvalue weighted by atomic mass is 79.9. The van der Waals surface area contributed by atoms with Gasteiger partial charge in [0.25, 0.3) is 5.95 Å². The maximum atomic E-state index is 12.0. The Labute approximate surface area is 183 Å². The molecule has 10 heteroatoms. The second-order valence-corrected chi connectivity index (χ2v) is 9.53. The number of nitrogens with zero attached hydrogens (tertiary/aromatic N) is 3. The molecular formula is C20H20BrN5O3S. The zero-order valence-electron chi connectivity index (χ0n) is 16.3. The van der Waals surface area contributed by atoms with Crippen LogP contribution in [0.25, 0.3) is 5.70 Å². The van der Waals surface area contributed by atoms with E-state index in [4.69, 9.17) is 4.74 Å². The summed E-state index contributed by atoms with van der Waals surface area (Å²) in [7, 11) is -1.89. The first-order chi connectivity index (χ1) is 14.4. The zero-order chi connectivity index (χ0) is 21.3. The van der Waals surface area contributed by atoms with Crippen LogP contribution < -0.4 is 14.8 Å². The largest absolute Gasteiger partial charge is 0.496 e. The number of anilines is 2. The molecule has 1 aliphatic rings. The monoisotopic (exact) mass is 489 g/mol. The number of ether oxygens (including phenoxy) is 1. The highest BCUT2D eigenvalue weighted by Gasteiger charge is 2.28. The van der Waals surface area contributed by atoms with E-state index in [2.05, 4.69) is 36.1 Å². The number of methoxy groups -OCH3 is 1. The summed E-state index contributed by atoms with van der Waals surface area (Å²) >= 11 is 3.45. The molecule has 30 heavy (non-hydrogen) atoms. The molecule has 0 spiro atoms. The Kier molecular flexibility index (Phi) is 5.52. The van der Waals surface area contributed by atoms with Crippen molar-refractivity contribution in [3.63, 3.8) is 0 Å². The number of allylic oxidation sites excluding steroid dienone is 1. The Bertz CT molecular complexity index is 1210. The maximum Gasteiger partial charge on any atom is 0.257 e. The first kappa shape index (κ1) is 20.4. The lowest BCUT2D eigenvalue weighted by molar-refractivity contribution is 0.404. The average molecular weight is 490 g/mol. The zero-order valence-corrected chi connectivity index (χ0v) is 18.7. The van der Waals surface area contributed by atoms with Crippen LogP contribution in [-0.2, 0) is 10.0 Å². The Balaban J connectivity index is 1.82. The molecule has 0 saturated carbocycles. The standard InChI is InChI=1S/C20H20BrN5O3S/c1-3-30(27,28)25-19-23-20-22-16(13-8-10-14(21)11-9-13)12-17(26(20)24-19)15-6-4-5-7-18(15)29-2/h4-12,17H,3H2,1-2H3,(H2,22,23,24,25)/t17-/m1/s1. The van der Waals surface area contributed by atoms with Gasteiger partial charge >= 0.3 is 0 Å². The Morgan fingerprint density at radius 1 is 1.20 bits per heavy atom. The molecule has 1 aromatic heterocycles. The fourth-order valence-electron chi connectivity index (χ4n) is 3.18. The van der Waals surface area contributed by atoms with Gasteiger partial charge in [-0.3, -0.25) is 0 Å². The molecule has 0 unspecified atom stereocenters. The van der Waals surface area contributed by atoms with E-state index >= 15 is 0 Å². The summed E-state index contributed by atoms with van der Waals surface area (Å²) < 4.78 is 34.6. The third kappa shape index (κ3) is 4.05. The normalized spacial score (nSPS) is 15.7. The van der Waals surface area contributed by atoms with Crippen LogP contribution in [0.2, 0.25) is 0 Å². The van der Waals surface area contributed by atoms with Crippen molar-refractivity contribution < 1.29 is 13.2 Å². The van der Waals surface area contributed by atoms with Gasteiger partial charge in [-0.05, 0) is 36.8 Å². The molecule has 0 saturated heterocycles. The highest BCUT2D eigenvalue weighted by molar-refractivity contribution is 9.10. The van der Waals surface area contributed by atoms with Crippen molar-refractivity contribution in [3.8, 4) is 5.75 Å². The third-order valence-corrected chi connectivity index (χ3v) is 6.49. The van der Waals surface area contributed by atoms with Crippen LogP contribution in [0.15, 0.2) is 59.1 Å². The number of para-hydroxylation sites is 1. The van der Waals surface area contributed by atoms with Gasteiger partial charge in [0.05, 0.1) is 12.9 Å². The quantitative estimate of drug-likeness (QED) is 0.545. The van der Waals surface area contributed by atoms with Gasteiger partial charge in [-0.25, -0.2) is 17.8 Å². The summed E-state index contributed by atoms with van der Waals surface area (Å²) in [6.07, 6.45) is 2.01. The van der Waals surface area contributed by atoms with Gasteiger partial charge in [-0.1, -0.05) is 46.3 Å². The molecule has 0 bridgehead atoms. The van der Waals surface area contributed by atoms with Gasteiger partial charge < -0.3 is 10.1 Å². The van der Waals surface area contributed by atoms with Crippen molar-refractivity contribution in [2.24, 2.45) is 0 Å². The predicted octanol–water partition coefficient (Wildman–Crippen LogP) is 3.87. The molecular weight excluding hydrogens is 470 g/mol. The van der Waals surface area contributed by atoms with E-state index < -0.39 is 10.0 Å². The fourth-order valence-corrected chi connectivity index (χ4v) is 3.95. The van der Waals surface area contributed by atoms with Crippen molar-refractivity contribution in [3.05, 3.63) is 70.2 Å². The minimum Gasteiger partial charge on any atom is -0.496 e. The van der Waals surface area contributed by atoms with E-state index in [0.29, 0.717) is 11.7 Å². The molecule has 1 atom stereocenters. The molecule has 0 amide bonds. The number of fused-ring (bicyclic) bond motifs is 1. The number of aromatic nitrogens is 3. The summed E-state index contributed by atoms with van der Waals surface area (Å²) in [6, 6.07) is 15.2. The van der Waals surface area contributed by atoms with Gasteiger partial charge in [-0.2, -0.15) is 4.98 Å². The maximum absolute atomic E-state index is 12.0. The van der Waals surface area contributed by atoms with Crippen LogP contribution in [0.4, 0.5) is 11.9 Å². The molecule has 0 radical (unpaired) electrons. The van der Waals surface area contributed by atoms with Crippen LogP contribution in [-0.4, -0.2) is 36.0 Å². The van der Waals surface area contributed by atoms with Crippen LogP contribution in [0.3, 0.4) is 0 Å². The van der Waals surface area contributed by atoms with Crippen LogP contribution in [0, 0.1) is 0 Å². The third-order valence-electron chi connectivity index (χ3n) is 4.71. The van der Waals surface area contributed by atoms with E-state index in [9.17, 15) is 8.42 Å². The number of rotatable bonds is 6. The van der Waals surface area contributed by atoms with E-state index in [-0.39, 0.29) is 17.7 Å². The Hall–Kier alpha value is -2.85. The molecule has 1 aliphatic heterocycles. The average Bonchev–Trinajstić information content (AvgIpc) is 3.15. The second kappa shape index (κ2) is 8.11. The molecule has 156 valence electrons. The molecule has 2 heterocycles. The van der Waals surface area contributed by atoms with E-state index in [1.165, 1.54) is 0 Å². The lowest BCUT2D eigenvalue weighted by Gasteiger charge is -2.25. The summed E-state index contributed by atoms with van der Waals surface area (Å²) in [5, 5.41) is 7.66. The molecule has 2 aromatic carbocycles. The SMILES string of the molecule is CCS(=O)(=O)Nc1nc2n(n1)[C@@H](c1ccccc1OC)C=C(c1ccc(Br)cc1)N2. The highest BCUT2D eigenvalue weighted by Crippen LogP contribution is 2.37. The number of sulfonamides is 1. The molecule has 8 nitrogen and oxygen atoms in total. The summed E-state index contributed by atoms with van der Waals surface area (Å²) in [5.74, 6) is 1.08. The van der Waals surface area contributed by atoms with Gasteiger partial charge in [0.1, 0.15) is 11.8 Å². The van der Waals surface area contributed by atoms with E-state index in [0.717, 1.165) is 21.3 Å². The smallest absolute Gasteiger partial charge is 0.257 e. The van der Waals surface area contributed by atoms with Crippen molar-refractivity contribution in [1.82, 2.24) is 14.8 Å².